The van der Waals surface area contributed by atoms with Crippen LogP contribution in [0.3, 0.4) is 0 Å². The fourth-order valence-electron chi connectivity index (χ4n) is 7.20. The predicted molar refractivity (Wildman–Crippen MR) is 166 cm³/mol. The maximum absolute atomic E-state index is 16.0. The van der Waals surface area contributed by atoms with Gasteiger partial charge < -0.3 is 15.3 Å². The fraction of sp³-hybridized carbons (Fsp3) is 0.588. The van der Waals surface area contributed by atoms with Crippen molar-refractivity contribution in [1.29, 1.82) is 5.26 Å². The summed E-state index contributed by atoms with van der Waals surface area (Å²) in [5.41, 5.74) is -1.80. The second kappa shape index (κ2) is 12.0. The topological polar surface area (TPSA) is 107 Å². The average Bonchev–Trinajstić information content (AvgIpc) is 3.80. The number of aliphatic hydroxyl groups is 1. The molecule has 1 aliphatic carbocycles. The molecule has 1 saturated heterocycles. The van der Waals surface area contributed by atoms with E-state index in [1.54, 1.807) is 24.5 Å². The van der Waals surface area contributed by atoms with E-state index < -0.39 is 40.3 Å². The van der Waals surface area contributed by atoms with Gasteiger partial charge >= 0.3 is 0 Å². The first-order chi connectivity index (χ1) is 21.5. The van der Waals surface area contributed by atoms with E-state index in [1.807, 2.05) is 4.90 Å². The number of piperidine rings is 1. The van der Waals surface area contributed by atoms with Crippen LogP contribution in [-0.4, -0.2) is 49.8 Å². The Morgan fingerprint density at radius 3 is 2.49 bits per heavy atom. The third-order valence-corrected chi connectivity index (χ3v) is 10.1. The normalized spacial score (nSPS) is 28.4. The molecule has 0 amide bonds. The van der Waals surface area contributed by atoms with E-state index >= 15 is 13.2 Å². The summed E-state index contributed by atoms with van der Waals surface area (Å²) in [6, 6.07) is 7.38. The van der Waals surface area contributed by atoms with Crippen molar-refractivity contribution in [2.45, 2.75) is 101 Å². The molecule has 8 nitrogen and oxygen atoms in total. The number of anilines is 1. The van der Waals surface area contributed by atoms with E-state index in [2.05, 4.69) is 21.4 Å². The highest BCUT2D eigenvalue weighted by molar-refractivity contribution is 5.87. The van der Waals surface area contributed by atoms with Crippen LogP contribution >= 0.6 is 0 Å². The van der Waals surface area contributed by atoms with Gasteiger partial charge in [0.2, 0.25) is 0 Å². The number of aromatic nitrogens is 3. The van der Waals surface area contributed by atoms with Crippen molar-refractivity contribution in [1.82, 2.24) is 19.4 Å². The van der Waals surface area contributed by atoms with Gasteiger partial charge in [0.25, 0.3) is 11.5 Å². The van der Waals surface area contributed by atoms with Crippen LogP contribution in [0.15, 0.2) is 35.4 Å². The number of aryl methyl sites for hydroxylation is 1. The number of hydrogen-bond acceptors (Lipinski definition) is 7. The minimum atomic E-state index is -3.37. The van der Waals surface area contributed by atoms with Crippen molar-refractivity contribution >= 4 is 16.9 Å². The molecular weight excluding hydrogens is 581 g/mol. The Balaban J connectivity index is 1.42. The Bertz CT molecular complexity index is 1670. The van der Waals surface area contributed by atoms with Crippen LogP contribution in [0, 0.1) is 23.1 Å². The molecule has 0 spiro atoms. The van der Waals surface area contributed by atoms with Crippen LogP contribution in [-0.2, 0) is 17.9 Å². The van der Waals surface area contributed by atoms with Gasteiger partial charge in [-0.15, -0.1) is 0 Å². The first kappa shape index (κ1) is 31.5. The molecule has 5 heterocycles. The molecule has 7 rings (SSSR count). The lowest BCUT2D eigenvalue weighted by molar-refractivity contribution is -0.0934. The SMILES string of the molecule is C[C@H]1Nc2ncnc3c2cc(C2(C#N)CC2)c(=O)n3CCCCCCC(C)(O)CN2CCC(CC2)C(F)(F)c2cccc1c2F. The molecule has 8 bridgehead atoms. The average molecular weight is 623 g/mol. The van der Waals surface area contributed by atoms with Gasteiger partial charge in [-0.25, -0.2) is 23.1 Å². The van der Waals surface area contributed by atoms with E-state index in [0.717, 1.165) is 19.3 Å². The Hall–Kier alpha value is -3.49. The van der Waals surface area contributed by atoms with Gasteiger partial charge in [0.05, 0.1) is 34.1 Å². The smallest absolute Gasteiger partial charge is 0.278 e. The fourth-order valence-corrected chi connectivity index (χ4v) is 7.20. The van der Waals surface area contributed by atoms with E-state index in [4.69, 9.17) is 0 Å². The van der Waals surface area contributed by atoms with Crippen molar-refractivity contribution in [3.05, 3.63) is 63.5 Å². The number of halogens is 3. The molecule has 0 radical (unpaired) electrons. The van der Waals surface area contributed by atoms with Crippen molar-refractivity contribution < 1.29 is 18.3 Å². The third-order valence-electron chi connectivity index (χ3n) is 10.1. The van der Waals surface area contributed by atoms with E-state index in [9.17, 15) is 15.2 Å². The number of rotatable bonds is 1. The second-order valence-corrected chi connectivity index (χ2v) is 13.6. The van der Waals surface area contributed by atoms with E-state index in [1.165, 1.54) is 24.5 Å². The molecule has 1 unspecified atom stereocenters. The Kier molecular flexibility index (Phi) is 8.42. The number of alkyl halides is 2. The Morgan fingerprint density at radius 1 is 1.04 bits per heavy atom. The van der Waals surface area contributed by atoms with Crippen molar-refractivity contribution in [2.75, 3.05) is 25.0 Å². The maximum atomic E-state index is 16.0. The highest BCUT2D eigenvalue weighted by Gasteiger charge is 2.48. The molecule has 3 aliphatic heterocycles. The first-order valence-corrected chi connectivity index (χ1v) is 16.1. The summed E-state index contributed by atoms with van der Waals surface area (Å²) < 4.78 is 49.5. The number of nitrogens with zero attached hydrogens (tertiary/aromatic N) is 5. The molecular formula is C34H41F3N6O2. The summed E-state index contributed by atoms with van der Waals surface area (Å²) >= 11 is 0. The van der Waals surface area contributed by atoms with E-state index in [0.29, 0.717) is 74.3 Å². The maximum Gasteiger partial charge on any atom is 0.278 e. The largest absolute Gasteiger partial charge is 0.389 e. The molecule has 2 atom stereocenters. The zero-order valence-electron chi connectivity index (χ0n) is 26.0. The minimum absolute atomic E-state index is 0.0822. The Morgan fingerprint density at radius 2 is 1.78 bits per heavy atom. The molecule has 240 valence electrons. The lowest BCUT2D eigenvalue weighted by Gasteiger charge is -2.39. The summed E-state index contributed by atoms with van der Waals surface area (Å²) in [5.74, 6) is -4.99. The predicted octanol–water partition coefficient (Wildman–Crippen LogP) is 6.18. The van der Waals surface area contributed by atoms with Crippen LogP contribution in [0.25, 0.3) is 11.0 Å². The van der Waals surface area contributed by atoms with Crippen LogP contribution in [0.2, 0.25) is 0 Å². The molecule has 2 N–H and O–H groups in total. The monoisotopic (exact) mass is 622 g/mol. The summed E-state index contributed by atoms with van der Waals surface area (Å²) in [4.78, 5) is 24.6. The summed E-state index contributed by atoms with van der Waals surface area (Å²) in [7, 11) is 0. The van der Waals surface area contributed by atoms with Gasteiger partial charge in [0.15, 0.2) is 0 Å². The molecule has 2 aromatic heterocycles. The Labute approximate surface area is 261 Å². The third kappa shape index (κ3) is 6.07. The van der Waals surface area contributed by atoms with Crippen LogP contribution in [0.1, 0.15) is 94.4 Å². The van der Waals surface area contributed by atoms with Crippen molar-refractivity contribution in [3.63, 3.8) is 0 Å². The quantitative estimate of drug-likeness (QED) is 0.334. The van der Waals surface area contributed by atoms with Gasteiger partial charge in [-0.2, -0.15) is 5.26 Å². The second-order valence-electron chi connectivity index (χ2n) is 13.6. The molecule has 45 heavy (non-hydrogen) atoms. The number of pyridine rings is 1. The summed E-state index contributed by atoms with van der Waals surface area (Å²) in [6.07, 6.45) is 6.69. The summed E-state index contributed by atoms with van der Waals surface area (Å²) in [5, 5.41) is 24.8. The minimum Gasteiger partial charge on any atom is -0.389 e. The van der Waals surface area contributed by atoms with Crippen LogP contribution in [0.5, 0.6) is 0 Å². The number of nitriles is 1. The van der Waals surface area contributed by atoms with Gasteiger partial charge in [0, 0.05) is 30.1 Å². The molecule has 3 aromatic rings. The highest BCUT2D eigenvalue weighted by Crippen LogP contribution is 2.47. The lowest BCUT2D eigenvalue weighted by atomic mass is 9.84. The van der Waals surface area contributed by atoms with Crippen LogP contribution < -0.4 is 10.9 Å². The van der Waals surface area contributed by atoms with Crippen molar-refractivity contribution in [3.8, 4) is 6.07 Å². The van der Waals surface area contributed by atoms with Gasteiger partial charge in [0.1, 0.15) is 23.6 Å². The zero-order valence-corrected chi connectivity index (χ0v) is 26.0. The first-order valence-electron chi connectivity index (χ1n) is 16.1. The van der Waals surface area contributed by atoms with Gasteiger partial charge in [-0.1, -0.05) is 37.5 Å². The number of fused-ring (bicyclic) bond motifs is 10. The van der Waals surface area contributed by atoms with Crippen molar-refractivity contribution in [2.24, 2.45) is 5.92 Å². The highest BCUT2D eigenvalue weighted by atomic mass is 19.3. The standard InChI is InChI=1S/C34H41F3N6O2/c1-22-24-8-7-9-26(28(24)35)34(36,37)23-10-16-42(17-11-23)20-32(2,45)12-5-3-4-6-15-43-30-25(29(41-22)39-21-40-30)18-27(31(43)44)33(19-38)13-14-33/h7-9,18,21-23,45H,3-6,10-17,20H2,1-2H3,(H,39,40,41)/t22-,32?/m1/s1. The van der Waals surface area contributed by atoms with E-state index in [-0.39, 0.29) is 24.0 Å². The molecule has 4 aliphatic rings. The molecule has 1 saturated carbocycles. The van der Waals surface area contributed by atoms with Gasteiger partial charge in [-0.05, 0) is 71.5 Å². The zero-order chi connectivity index (χ0) is 32.0. The molecule has 2 fully saturated rings. The number of nitrogens with one attached hydrogen (secondary N) is 1. The number of hydrogen-bond donors (Lipinski definition) is 2. The molecule has 1 aromatic carbocycles. The lowest BCUT2D eigenvalue weighted by Crippen LogP contribution is -2.46. The van der Waals surface area contributed by atoms with Gasteiger partial charge in [-0.3, -0.25) is 9.36 Å². The summed E-state index contributed by atoms with van der Waals surface area (Å²) in [6.45, 7) is 5.11. The molecule has 11 heteroatoms. The van der Waals surface area contributed by atoms with Crippen LogP contribution in [0.4, 0.5) is 19.0 Å². The number of benzene rings is 1.